The molecule has 2 fully saturated rings. The number of carbonyl (C=O) groups excluding carboxylic acids is 2. The highest BCUT2D eigenvalue weighted by molar-refractivity contribution is 6.12. The second-order valence-corrected chi connectivity index (χ2v) is 11.5. The first kappa shape index (κ1) is 28.2. The fourth-order valence-electron chi connectivity index (χ4n) is 6.02. The Kier molecular flexibility index (Phi) is 9.09. The third-order valence-electron chi connectivity index (χ3n) is 8.11. The SMILES string of the molecule is CC(C)NC(=O)C1CCC(N2C(=NC(=O)c3ccc(F)cc3)Cc3cnc(OCCN4CCCCC4)cc32)CC1. The Balaban J connectivity index is 1.34. The number of hydrogen-bond acceptors (Lipinski definition) is 5. The maximum Gasteiger partial charge on any atom is 0.278 e. The van der Waals surface area contributed by atoms with Crippen molar-refractivity contribution >= 4 is 23.3 Å². The number of anilines is 1. The molecule has 5 rings (SSSR count). The van der Waals surface area contributed by atoms with E-state index in [2.05, 4.69) is 25.1 Å². The van der Waals surface area contributed by atoms with Crippen molar-refractivity contribution in [2.24, 2.45) is 10.9 Å². The van der Waals surface area contributed by atoms with E-state index in [1.807, 2.05) is 26.1 Å². The predicted octanol–water partition coefficient (Wildman–Crippen LogP) is 4.77. The van der Waals surface area contributed by atoms with Gasteiger partial charge in [0.1, 0.15) is 18.3 Å². The fourth-order valence-corrected chi connectivity index (χ4v) is 6.02. The highest BCUT2D eigenvalue weighted by Crippen LogP contribution is 2.38. The van der Waals surface area contributed by atoms with Crippen LogP contribution in [0.25, 0.3) is 0 Å². The van der Waals surface area contributed by atoms with Crippen LogP contribution in [0.2, 0.25) is 0 Å². The first-order valence-electron chi connectivity index (χ1n) is 14.7. The van der Waals surface area contributed by atoms with E-state index < -0.39 is 11.7 Å². The van der Waals surface area contributed by atoms with Crippen molar-refractivity contribution in [1.82, 2.24) is 15.2 Å². The summed E-state index contributed by atoms with van der Waals surface area (Å²) in [6, 6.07) is 7.66. The van der Waals surface area contributed by atoms with Gasteiger partial charge >= 0.3 is 0 Å². The molecule has 3 heterocycles. The molecule has 1 aromatic carbocycles. The molecule has 0 bridgehead atoms. The van der Waals surface area contributed by atoms with Crippen molar-refractivity contribution in [2.45, 2.75) is 77.3 Å². The van der Waals surface area contributed by atoms with E-state index in [1.165, 1.54) is 43.5 Å². The van der Waals surface area contributed by atoms with Crippen molar-refractivity contribution < 1.29 is 18.7 Å². The van der Waals surface area contributed by atoms with Crippen LogP contribution in [0.1, 0.15) is 74.7 Å². The maximum absolute atomic E-state index is 13.4. The molecule has 2 aliphatic heterocycles. The third-order valence-corrected chi connectivity index (χ3v) is 8.11. The molecule has 0 radical (unpaired) electrons. The second-order valence-electron chi connectivity index (χ2n) is 11.5. The highest BCUT2D eigenvalue weighted by atomic mass is 19.1. The van der Waals surface area contributed by atoms with Crippen molar-refractivity contribution in [1.29, 1.82) is 0 Å². The lowest BCUT2D eigenvalue weighted by Gasteiger charge is -2.36. The number of likely N-dealkylation sites (tertiary alicyclic amines) is 1. The fraction of sp³-hybridized carbons (Fsp3) is 0.548. The number of nitrogens with one attached hydrogen (secondary N) is 1. The summed E-state index contributed by atoms with van der Waals surface area (Å²) in [5, 5.41) is 3.04. The van der Waals surface area contributed by atoms with Gasteiger partial charge in [0, 0.05) is 54.4 Å². The first-order valence-corrected chi connectivity index (χ1v) is 14.7. The van der Waals surface area contributed by atoms with Crippen molar-refractivity contribution in [3.63, 3.8) is 0 Å². The molecule has 9 heteroatoms. The molecule has 1 aliphatic carbocycles. The molecule has 1 saturated heterocycles. The standard InChI is InChI=1S/C31H40FN5O3/c1-21(2)34-30(38)23-8-12-26(13-9-23)37-27-19-29(40-17-16-36-14-4-3-5-15-36)33-20-24(27)18-28(37)35-31(39)22-6-10-25(32)11-7-22/h6-7,10-11,19-21,23,26H,3-5,8-9,12-18H2,1-2H3,(H,34,38). The van der Waals surface area contributed by atoms with Crippen LogP contribution in [0.5, 0.6) is 5.88 Å². The maximum atomic E-state index is 13.4. The Hall–Kier alpha value is -3.33. The zero-order chi connectivity index (χ0) is 28.1. The van der Waals surface area contributed by atoms with Gasteiger partial charge in [-0.1, -0.05) is 6.42 Å². The normalized spacial score (nSPS) is 22.4. The molecule has 2 aromatic rings. The smallest absolute Gasteiger partial charge is 0.278 e. The number of rotatable bonds is 8. The molecule has 0 spiro atoms. The molecule has 1 aromatic heterocycles. The minimum atomic E-state index is -0.399. The molecule has 0 atom stereocenters. The number of benzene rings is 1. The number of amidine groups is 1. The summed E-state index contributed by atoms with van der Waals surface area (Å²) in [4.78, 5) is 39.4. The number of fused-ring (bicyclic) bond motifs is 1. The third kappa shape index (κ3) is 6.86. The number of halogens is 1. The number of carbonyl (C=O) groups is 2. The molecule has 0 unspecified atom stereocenters. The summed E-state index contributed by atoms with van der Waals surface area (Å²) in [5.74, 6) is 0.542. The van der Waals surface area contributed by atoms with Gasteiger partial charge in [-0.25, -0.2) is 9.37 Å². The van der Waals surface area contributed by atoms with Crippen molar-refractivity contribution in [2.75, 3.05) is 31.1 Å². The second kappa shape index (κ2) is 12.9. The Morgan fingerprint density at radius 1 is 1.10 bits per heavy atom. The molecule has 3 aliphatic rings. The number of pyridine rings is 1. The number of aliphatic imine (C=N–C) groups is 1. The quantitative estimate of drug-likeness (QED) is 0.511. The number of piperidine rings is 1. The van der Waals surface area contributed by atoms with Gasteiger partial charge in [-0.05, 0) is 89.7 Å². The van der Waals surface area contributed by atoms with E-state index >= 15 is 0 Å². The van der Waals surface area contributed by atoms with E-state index in [1.54, 1.807) is 0 Å². The summed E-state index contributed by atoms with van der Waals surface area (Å²) < 4.78 is 19.5. The van der Waals surface area contributed by atoms with E-state index in [0.29, 0.717) is 30.3 Å². The molecule has 2 amide bonds. The number of amides is 2. The van der Waals surface area contributed by atoms with Gasteiger partial charge in [-0.3, -0.25) is 14.5 Å². The minimum Gasteiger partial charge on any atom is -0.476 e. The summed E-state index contributed by atoms with van der Waals surface area (Å²) in [6.45, 7) is 7.65. The van der Waals surface area contributed by atoms with Gasteiger partial charge in [-0.2, -0.15) is 4.99 Å². The van der Waals surface area contributed by atoms with Gasteiger partial charge in [0.2, 0.25) is 11.8 Å². The summed E-state index contributed by atoms with van der Waals surface area (Å²) >= 11 is 0. The van der Waals surface area contributed by atoms with Crippen LogP contribution >= 0.6 is 0 Å². The van der Waals surface area contributed by atoms with Gasteiger partial charge in [-0.15, -0.1) is 0 Å². The zero-order valence-corrected chi connectivity index (χ0v) is 23.6. The Morgan fingerprint density at radius 2 is 1.82 bits per heavy atom. The molecule has 1 N–H and O–H groups in total. The lowest BCUT2D eigenvalue weighted by Crippen LogP contribution is -2.44. The van der Waals surface area contributed by atoms with E-state index in [-0.39, 0.29) is 23.9 Å². The van der Waals surface area contributed by atoms with E-state index in [4.69, 9.17) is 4.74 Å². The number of hydrogen-bond donors (Lipinski definition) is 1. The minimum absolute atomic E-state index is 0.00641. The first-order chi connectivity index (χ1) is 19.4. The Morgan fingerprint density at radius 3 is 2.52 bits per heavy atom. The van der Waals surface area contributed by atoms with Gasteiger partial charge in [0.25, 0.3) is 5.91 Å². The van der Waals surface area contributed by atoms with E-state index in [9.17, 15) is 14.0 Å². The van der Waals surface area contributed by atoms with Crippen LogP contribution in [0, 0.1) is 11.7 Å². The average Bonchev–Trinajstić information content (AvgIpc) is 3.30. The van der Waals surface area contributed by atoms with Crippen LogP contribution < -0.4 is 15.0 Å². The molecule has 40 heavy (non-hydrogen) atoms. The van der Waals surface area contributed by atoms with Crippen LogP contribution in [0.15, 0.2) is 41.5 Å². The average molecular weight is 550 g/mol. The molecule has 8 nitrogen and oxygen atoms in total. The Bertz CT molecular complexity index is 1220. The van der Waals surface area contributed by atoms with Crippen molar-refractivity contribution in [3.05, 3.63) is 53.5 Å². The highest BCUT2D eigenvalue weighted by Gasteiger charge is 2.36. The van der Waals surface area contributed by atoms with Gasteiger partial charge in [0.15, 0.2) is 0 Å². The number of nitrogens with zero attached hydrogens (tertiary/aromatic N) is 4. The van der Waals surface area contributed by atoms with Gasteiger partial charge in [0.05, 0.1) is 5.69 Å². The van der Waals surface area contributed by atoms with Crippen molar-refractivity contribution in [3.8, 4) is 5.88 Å². The largest absolute Gasteiger partial charge is 0.476 e. The molecular weight excluding hydrogens is 509 g/mol. The predicted molar refractivity (Wildman–Crippen MR) is 153 cm³/mol. The number of aromatic nitrogens is 1. The van der Waals surface area contributed by atoms with Crippen LogP contribution in [-0.4, -0.2) is 65.9 Å². The number of ether oxygens (including phenoxy) is 1. The Labute approximate surface area is 236 Å². The molecule has 214 valence electrons. The summed E-state index contributed by atoms with van der Waals surface area (Å²) in [7, 11) is 0. The molecular formula is C31H40FN5O3. The topological polar surface area (TPSA) is 87.1 Å². The van der Waals surface area contributed by atoms with Crippen LogP contribution in [-0.2, 0) is 11.2 Å². The summed E-state index contributed by atoms with van der Waals surface area (Å²) in [6.07, 6.45) is 9.27. The van der Waals surface area contributed by atoms with Gasteiger partial charge < -0.3 is 15.0 Å². The summed E-state index contributed by atoms with van der Waals surface area (Å²) in [5.41, 5.74) is 2.30. The van der Waals surface area contributed by atoms with Crippen LogP contribution in [0.4, 0.5) is 10.1 Å². The van der Waals surface area contributed by atoms with Crippen LogP contribution in [0.3, 0.4) is 0 Å². The lowest BCUT2D eigenvalue weighted by atomic mass is 9.84. The lowest BCUT2D eigenvalue weighted by molar-refractivity contribution is -0.126. The molecule has 1 saturated carbocycles. The monoisotopic (exact) mass is 549 g/mol. The zero-order valence-electron chi connectivity index (χ0n) is 23.6. The van der Waals surface area contributed by atoms with E-state index in [0.717, 1.165) is 56.6 Å².